The Morgan fingerprint density at radius 2 is 1.97 bits per heavy atom. The number of phenols is 1. The molecule has 3 aromatic rings. The van der Waals surface area contributed by atoms with Gasteiger partial charge in [-0.3, -0.25) is 14.6 Å². The number of aromatic hydroxyl groups is 1. The monoisotopic (exact) mass is 418 g/mol. The van der Waals surface area contributed by atoms with Gasteiger partial charge < -0.3 is 15.0 Å². The highest BCUT2D eigenvalue weighted by atomic mass is 16.3. The van der Waals surface area contributed by atoms with Crippen LogP contribution in [0.3, 0.4) is 0 Å². The summed E-state index contributed by atoms with van der Waals surface area (Å²) in [5.41, 5.74) is 4.91. The first-order chi connectivity index (χ1) is 14.8. The van der Waals surface area contributed by atoms with Crippen molar-refractivity contribution in [1.29, 1.82) is 0 Å². The van der Waals surface area contributed by atoms with Gasteiger partial charge >= 0.3 is 6.03 Å². The second-order valence-electron chi connectivity index (χ2n) is 8.77. The van der Waals surface area contributed by atoms with E-state index in [1.807, 2.05) is 32.0 Å². The number of urea groups is 1. The molecule has 0 aliphatic carbocycles. The minimum Gasteiger partial charge on any atom is -0.508 e. The number of aromatic amines is 1. The summed E-state index contributed by atoms with van der Waals surface area (Å²) in [6.45, 7) is 3.01. The van der Waals surface area contributed by atoms with Crippen LogP contribution in [0.5, 0.6) is 5.75 Å². The van der Waals surface area contributed by atoms with Crippen molar-refractivity contribution in [2.75, 3.05) is 27.2 Å². The van der Waals surface area contributed by atoms with E-state index in [0.717, 1.165) is 33.3 Å². The number of aromatic nitrogens is 1. The van der Waals surface area contributed by atoms with Crippen molar-refractivity contribution >= 4 is 22.8 Å². The number of nitrogens with zero attached hydrogens (tertiary/aromatic N) is 3. The third-order valence-corrected chi connectivity index (χ3v) is 6.34. The molecule has 5 rings (SSSR count). The largest absolute Gasteiger partial charge is 0.508 e. The summed E-state index contributed by atoms with van der Waals surface area (Å²) in [5.74, 6) is -0.0142. The maximum atomic E-state index is 13.4. The zero-order chi connectivity index (χ0) is 21.9. The van der Waals surface area contributed by atoms with Crippen molar-refractivity contribution in [3.63, 3.8) is 0 Å². The van der Waals surface area contributed by atoms with Gasteiger partial charge in [0.1, 0.15) is 17.8 Å². The molecule has 2 atom stereocenters. The number of carbonyl (C=O) groups excluding carboxylic acids is 2. The average Bonchev–Trinajstić information content (AvgIpc) is 3.19. The van der Waals surface area contributed by atoms with Crippen molar-refractivity contribution in [3.8, 4) is 5.75 Å². The number of fused-ring (bicyclic) bond motifs is 4. The van der Waals surface area contributed by atoms with Crippen LogP contribution in [-0.2, 0) is 11.2 Å². The predicted molar refractivity (Wildman–Crippen MR) is 118 cm³/mol. The first kappa shape index (κ1) is 19.6. The molecule has 3 heterocycles. The number of nitrogens with one attached hydrogen (secondary N) is 1. The first-order valence-electron chi connectivity index (χ1n) is 10.5. The highest BCUT2D eigenvalue weighted by molar-refractivity contribution is 6.05. The summed E-state index contributed by atoms with van der Waals surface area (Å²) in [6, 6.07) is 11.9. The van der Waals surface area contributed by atoms with E-state index < -0.39 is 12.1 Å². The summed E-state index contributed by atoms with van der Waals surface area (Å²) in [7, 11) is 3.85. The van der Waals surface area contributed by atoms with Crippen LogP contribution < -0.4 is 0 Å². The van der Waals surface area contributed by atoms with Crippen molar-refractivity contribution in [2.45, 2.75) is 25.4 Å². The van der Waals surface area contributed by atoms with Crippen LogP contribution in [0.1, 0.15) is 28.4 Å². The molecule has 1 fully saturated rings. The Labute approximate surface area is 180 Å². The standard InChI is InChI=1S/C24H26N4O3/c1-14-7-8-17-18-13-20-23(30)27(10-9-26(2)3)24(31)28(20)22(21(18)25-19(17)11-14)15-5-4-6-16(29)12-15/h4-8,11-12,20,22,25,29H,9-10,13H2,1-3H3. The fourth-order valence-electron chi connectivity index (χ4n) is 4.85. The van der Waals surface area contributed by atoms with Gasteiger partial charge in [-0.2, -0.15) is 0 Å². The predicted octanol–water partition coefficient (Wildman–Crippen LogP) is 3.02. The molecule has 2 aliphatic heterocycles. The lowest BCUT2D eigenvalue weighted by molar-refractivity contribution is -0.128. The normalized spacial score (nSPS) is 20.6. The number of benzene rings is 2. The maximum absolute atomic E-state index is 13.4. The average molecular weight is 418 g/mol. The number of carbonyl (C=O) groups is 2. The van der Waals surface area contributed by atoms with Gasteiger partial charge in [-0.05, 0) is 55.9 Å². The molecule has 3 amide bonds. The van der Waals surface area contributed by atoms with Crippen LogP contribution in [0.2, 0.25) is 0 Å². The number of phenolic OH excluding ortho intramolecular Hbond substituents is 1. The van der Waals surface area contributed by atoms with E-state index in [1.165, 1.54) is 4.90 Å². The molecule has 0 saturated carbocycles. The lowest BCUT2D eigenvalue weighted by atomic mass is 9.88. The Balaban J connectivity index is 1.67. The van der Waals surface area contributed by atoms with Gasteiger partial charge in [0, 0.05) is 36.1 Å². The van der Waals surface area contributed by atoms with Gasteiger partial charge in [0.25, 0.3) is 5.91 Å². The van der Waals surface area contributed by atoms with Gasteiger partial charge in [0.15, 0.2) is 0 Å². The first-order valence-corrected chi connectivity index (χ1v) is 10.5. The van der Waals surface area contributed by atoms with Gasteiger partial charge in [0.05, 0.1) is 0 Å². The van der Waals surface area contributed by atoms with Gasteiger partial charge in [-0.25, -0.2) is 4.79 Å². The third kappa shape index (κ3) is 3.08. The fraction of sp³-hybridized carbons (Fsp3) is 0.333. The molecular formula is C24H26N4O3. The molecule has 0 spiro atoms. The molecule has 1 saturated heterocycles. The second-order valence-corrected chi connectivity index (χ2v) is 8.77. The van der Waals surface area contributed by atoms with E-state index in [9.17, 15) is 14.7 Å². The molecule has 7 heteroatoms. The number of hydrogen-bond acceptors (Lipinski definition) is 4. The van der Waals surface area contributed by atoms with Crippen LogP contribution in [0, 0.1) is 6.92 Å². The molecule has 2 aromatic carbocycles. The van der Waals surface area contributed by atoms with Crippen molar-refractivity contribution in [1.82, 2.24) is 19.7 Å². The van der Waals surface area contributed by atoms with E-state index in [-0.39, 0.29) is 17.7 Å². The topological polar surface area (TPSA) is 79.9 Å². The van der Waals surface area contributed by atoms with E-state index in [0.29, 0.717) is 19.5 Å². The number of amides is 3. The summed E-state index contributed by atoms with van der Waals surface area (Å²) < 4.78 is 0. The number of imide groups is 1. The van der Waals surface area contributed by atoms with E-state index in [2.05, 4.69) is 23.2 Å². The van der Waals surface area contributed by atoms with Crippen molar-refractivity contribution in [3.05, 3.63) is 64.8 Å². The summed E-state index contributed by atoms with van der Waals surface area (Å²) in [6.07, 6.45) is 0.483. The number of hydrogen-bond donors (Lipinski definition) is 2. The molecule has 7 nitrogen and oxygen atoms in total. The summed E-state index contributed by atoms with van der Waals surface area (Å²) in [4.78, 5) is 35.3. The maximum Gasteiger partial charge on any atom is 0.328 e. The summed E-state index contributed by atoms with van der Waals surface area (Å²) >= 11 is 0. The Bertz CT molecular complexity index is 1200. The molecule has 2 unspecified atom stereocenters. The second kappa shape index (κ2) is 7.13. The molecule has 0 bridgehead atoms. The fourth-order valence-corrected chi connectivity index (χ4v) is 4.85. The lowest BCUT2D eigenvalue weighted by Gasteiger charge is -2.36. The van der Waals surface area contributed by atoms with E-state index in [1.54, 1.807) is 23.1 Å². The highest BCUT2D eigenvalue weighted by Gasteiger charge is 2.52. The molecular weight excluding hydrogens is 392 g/mol. The Hall–Kier alpha value is -3.32. The third-order valence-electron chi connectivity index (χ3n) is 6.34. The number of aryl methyl sites for hydroxylation is 1. The number of H-pyrrole nitrogens is 1. The van der Waals surface area contributed by atoms with Gasteiger partial charge in [0.2, 0.25) is 0 Å². The summed E-state index contributed by atoms with van der Waals surface area (Å²) in [5, 5.41) is 11.2. The molecule has 0 radical (unpaired) electrons. The van der Waals surface area contributed by atoms with Crippen LogP contribution in [0.4, 0.5) is 4.79 Å². The molecule has 160 valence electrons. The zero-order valence-electron chi connectivity index (χ0n) is 17.9. The lowest BCUT2D eigenvalue weighted by Crippen LogP contribution is -2.44. The molecule has 1 aromatic heterocycles. The Morgan fingerprint density at radius 3 is 2.71 bits per heavy atom. The molecule has 31 heavy (non-hydrogen) atoms. The smallest absolute Gasteiger partial charge is 0.328 e. The van der Waals surface area contributed by atoms with Crippen molar-refractivity contribution < 1.29 is 14.7 Å². The Morgan fingerprint density at radius 1 is 1.16 bits per heavy atom. The zero-order valence-corrected chi connectivity index (χ0v) is 17.9. The quantitative estimate of drug-likeness (QED) is 0.639. The van der Waals surface area contributed by atoms with Crippen LogP contribution in [-0.4, -0.2) is 70.0 Å². The Kier molecular flexibility index (Phi) is 4.51. The number of likely N-dealkylation sites (N-methyl/N-ethyl adjacent to an activating group) is 1. The SMILES string of the molecule is Cc1ccc2c3c([nH]c2c1)C(c1cccc(O)c1)N1C(=O)N(CCN(C)C)C(=O)C1C3. The van der Waals surface area contributed by atoms with Gasteiger partial charge in [-0.15, -0.1) is 0 Å². The minimum atomic E-state index is -0.546. The van der Waals surface area contributed by atoms with Crippen LogP contribution >= 0.6 is 0 Å². The molecule has 2 N–H and O–H groups in total. The van der Waals surface area contributed by atoms with Crippen molar-refractivity contribution in [2.24, 2.45) is 0 Å². The van der Waals surface area contributed by atoms with E-state index in [4.69, 9.17) is 0 Å². The highest BCUT2D eigenvalue weighted by Crippen LogP contribution is 2.44. The minimum absolute atomic E-state index is 0.135. The van der Waals surface area contributed by atoms with Crippen LogP contribution in [0.25, 0.3) is 10.9 Å². The van der Waals surface area contributed by atoms with Gasteiger partial charge in [-0.1, -0.05) is 24.3 Å². The number of rotatable bonds is 4. The van der Waals surface area contributed by atoms with E-state index >= 15 is 0 Å². The molecule has 2 aliphatic rings. The van der Waals surface area contributed by atoms with Crippen LogP contribution in [0.15, 0.2) is 42.5 Å².